The molecule has 1 saturated carbocycles. The van der Waals surface area contributed by atoms with Crippen LogP contribution in [0.15, 0.2) is 6.07 Å². The molecule has 2 rings (SSSR count). The number of rotatable bonds is 4. The largest absolute Gasteiger partial charge is 0.309 e. The lowest BCUT2D eigenvalue weighted by molar-refractivity contribution is -0.116. The van der Waals surface area contributed by atoms with E-state index in [9.17, 15) is 4.79 Å². The van der Waals surface area contributed by atoms with E-state index in [2.05, 4.69) is 36.3 Å². The predicted octanol–water partition coefficient (Wildman–Crippen LogP) is 3.05. The van der Waals surface area contributed by atoms with E-state index in [1.165, 1.54) is 12.8 Å². The molecule has 1 aliphatic carbocycles. The van der Waals surface area contributed by atoms with Gasteiger partial charge in [-0.3, -0.25) is 9.89 Å². The normalized spacial score (nSPS) is 15.9. The summed E-state index contributed by atoms with van der Waals surface area (Å²) in [4.78, 5) is 11.7. The van der Waals surface area contributed by atoms with Gasteiger partial charge in [-0.2, -0.15) is 5.10 Å². The summed E-state index contributed by atoms with van der Waals surface area (Å²) in [5, 5.41) is 9.92. The smallest absolute Gasteiger partial charge is 0.225 e. The van der Waals surface area contributed by atoms with Crippen LogP contribution in [0.4, 0.5) is 5.82 Å². The first-order chi connectivity index (χ1) is 7.94. The molecule has 0 atom stereocenters. The van der Waals surface area contributed by atoms with Crippen LogP contribution < -0.4 is 5.32 Å². The van der Waals surface area contributed by atoms with Gasteiger partial charge in [0, 0.05) is 24.1 Å². The van der Waals surface area contributed by atoms with Crippen LogP contribution in [0.1, 0.15) is 58.1 Å². The maximum absolute atomic E-state index is 11.7. The molecule has 17 heavy (non-hydrogen) atoms. The van der Waals surface area contributed by atoms with Gasteiger partial charge in [-0.1, -0.05) is 20.8 Å². The maximum Gasteiger partial charge on any atom is 0.225 e. The van der Waals surface area contributed by atoms with Gasteiger partial charge in [0.05, 0.1) is 0 Å². The number of nitrogens with one attached hydrogen (secondary N) is 2. The summed E-state index contributed by atoms with van der Waals surface area (Å²) in [5.41, 5.74) is 1.35. The third-order valence-corrected chi connectivity index (χ3v) is 2.98. The highest BCUT2D eigenvalue weighted by molar-refractivity contribution is 5.89. The highest BCUT2D eigenvalue weighted by Crippen LogP contribution is 2.39. The van der Waals surface area contributed by atoms with Gasteiger partial charge < -0.3 is 5.32 Å². The van der Waals surface area contributed by atoms with Crippen molar-refractivity contribution in [1.29, 1.82) is 0 Å². The van der Waals surface area contributed by atoms with Crippen LogP contribution in [-0.2, 0) is 4.79 Å². The van der Waals surface area contributed by atoms with Crippen molar-refractivity contribution in [3.05, 3.63) is 11.8 Å². The third kappa shape index (κ3) is 3.88. The molecular formula is C13H21N3O. The van der Waals surface area contributed by atoms with Crippen molar-refractivity contribution < 1.29 is 4.79 Å². The van der Waals surface area contributed by atoms with Gasteiger partial charge in [0.15, 0.2) is 5.82 Å². The lowest BCUT2D eigenvalue weighted by atomic mass is 9.90. The molecule has 1 amide bonds. The number of aromatic nitrogens is 2. The molecule has 0 unspecified atom stereocenters. The fourth-order valence-corrected chi connectivity index (χ4v) is 1.70. The first-order valence-electron chi connectivity index (χ1n) is 6.29. The van der Waals surface area contributed by atoms with Crippen molar-refractivity contribution in [3.63, 3.8) is 0 Å². The molecule has 0 saturated heterocycles. The van der Waals surface area contributed by atoms with Crippen LogP contribution in [0.3, 0.4) is 0 Å². The Labute approximate surface area is 102 Å². The summed E-state index contributed by atoms with van der Waals surface area (Å²) in [6.45, 7) is 6.42. The minimum Gasteiger partial charge on any atom is -0.309 e. The molecule has 0 spiro atoms. The van der Waals surface area contributed by atoms with Gasteiger partial charge in [0.1, 0.15) is 0 Å². The lowest BCUT2D eigenvalue weighted by Crippen LogP contribution is -2.15. The molecule has 1 fully saturated rings. The topological polar surface area (TPSA) is 57.8 Å². The predicted molar refractivity (Wildman–Crippen MR) is 67.9 cm³/mol. The van der Waals surface area contributed by atoms with E-state index in [0.29, 0.717) is 18.2 Å². The zero-order valence-corrected chi connectivity index (χ0v) is 10.8. The van der Waals surface area contributed by atoms with Gasteiger partial charge in [0.2, 0.25) is 5.91 Å². The highest BCUT2D eigenvalue weighted by Gasteiger charge is 2.25. The van der Waals surface area contributed by atoms with Crippen LogP contribution in [0.5, 0.6) is 0 Å². The van der Waals surface area contributed by atoms with Crippen LogP contribution >= 0.6 is 0 Å². The number of H-pyrrole nitrogens is 1. The number of hydrogen-bond donors (Lipinski definition) is 2. The van der Waals surface area contributed by atoms with E-state index in [0.717, 1.165) is 12.1 Å². The molecule has 1 aliphatic rings. The first kappa shape index (κ1) is 12.1. The minimum atomic E-state index is 0.0498. The number of carbonyl (C=O) groups is 1. The summed E-state index contributed by atoms with van der Waals surface area (Å²) in [6, 6.07) is 1.95. The monoisotopic (exact) mass is 235 g/mol. The number of hydrogen-bond acceptors (Lipinski definition) is 2. The Morgan fingerprint density at radius 2 is 2.24 bits per heavy atom. The Bertz CT molecular complexity index is 399. The zero-order valence-electron chi connectivity index (χ0n) is 10.8. The van der Waals surface area contributed by atoms with Gasteiger partial charge in [-0.25, -0.2) is 0 Å². The number of carbonyl (C=O) groups excluding carboxylic acids is 1. The van der Waals surface area contributed by atoms with E-state index in [-0.39, 0.29) is 11.3 Å². The van der Waals surface area contributed by atoms with Crippen molar-refractivity contribution >= 4 is 11.7 Å². The second kappa shape index (κ2) is 4.51. The lowest BCUT2D eigenvalue weighted by Gasteiger charge is -2.16. The maximum atomic E-state index is 11.7. The molecular weight excluding hydrogens is 214 g/mol. The van der Waals surface area contributed by atoms with Gasteiger partial charge in [0.25, 0.3) is 0 Å². The van der Waals surface area contributed by atoms with Crippen molar-refractivity contribution in [2.75, 3.05) is 5.32 Å². The SMILES string of the molecule is CC(C)(C)CCC(=O)Nc1cc(C2CC2)[nH]n1. The molecule has 94 valence electrons. The molecule has 0 aliphatic heterocycles. The van der Waals surface area contributed by atoms with Gasteiger partial charge in [-0.15, -0.1) is 0 Å². The summed E-state index contributed by atoms with van der Waals surface area (Å²) in [7, 11) is 0. The van der Waals surface area contributed by atoms with Crippen LogP contribution in [0.25, 0.3) is 0 Å². The second-order valence-electron chi connectivity index (χ2n) is 6.09. The van der Waals surface area contributed by atoms with E-state index in [1.54, 1.807) is 0 Å². The standard InChI is InChI=1S/C13H21N3O/c1-13(2,3)7-6-12(17)14-11-8-10(15-16-11)9-4-5-9/h8-9H,4-7H2,1-3H3,(H2,14,15,16,17). The van der Waals surface area contributed by atoms with Crippen molar-refractivity contribution in [2.45, 2.75) is 52.4 Å². The van der Waals surface area contributed by atoms with Crippen molar-refractivity contribution in [2.24, 2.45) is 5.41 Å². The highest BCUT2D eigenvalue weighted by atomic mass is 16.1. The summed E-state index contributed by atoms with van der Waals surface area (Å²) >= 11 is 0. The summed E-state index contributed by atoms with van der Waals surface area (Å²) in [6.07, 6.45) is 3.91. The first-order valence-corrected chi connectivity index (χ1v) is 6.29. The van der Waals surface area contributed by atoms with E-state index >= 15 is 0 Å². The van der Waals surface area contributed by atoms with E-state index in [4.69, 9.17) is 0 Å². The Kier molecular flexibility index (Phi) is 3.22. The van der Waals surface area contributed by atoms with Crippen LogP contribution in [0, 0.1) is 5.41 Å². The molecule has 4 heteroatoms. The zero-order chi connectivity index (χ0) is 12.5. The summed E-state index contributed by atoms with van der Waals surface area (Å²) < 4.78 is 0. The van der Waals surface area contributed by atoms with Crippen LogP contribution in [-0.4, -0.2) is 16.1 Å². The number of nitrogens with zero attached hydrogens (tertiary/aromatic N) is 1. The average molecular weight is 235 g/mol. The molecule has 1 heterocycles. The van der Waals surface area contributed by atoms with Crippen molar-refractivity contribution in [1.82, 2.24) is 10.2 Å². The molecule has 0 radical (unpaired) electrons. The van der Waals surface area contributed by atoms with Crippen molar-refractivity contribution in [3.8, 4) is 0 Å². The molecule has 2 N–H and O–H groups in total. The number of amides is 1. The molecule has 0 bridgehead atoms. The molecule has 1 aromatic rings. The quantitative estimate of drug-likeness (QED) is 0.842. The Balaban J connectivity index is 1.80. The van der Waals surface area contributed by atoms with Gasteiger partial charge in [-0.05, 0) is 24.7 Å². The third-order valence-electron chi connectivity index (χ3n) is 2.98. The van der Waals surface area contributed by atoms with E-state index in [1.807, 2.05) is 6.07 Å². The molecule has 1 aromatic heterocycles. The fraction of sp³-hybridized carbons (Fsp3) is 0.692. The van der Waals surface area contributed by atoms with E-state index < -0.39 is 0 Å². The summed E-state index contributed by atoms with van der Waals surface area (Å²) in [5.74, 6) is 1.35. The van der Waals surface area contributed by atoms with Crippen LogP contribution in [0.2, 0.25) is 0 Å². The van der Waals surface area contributed by atoms with Gasteiger partial charge >= 0.3 is 0 Å². The second-order valence-corrected chi connectivity index (χ2v) is 6.09. The number of anilines is 1. The Morgan fingerprint density at radius 3 is 2.82 bits per heavy atom. The average Bonchev–Trinajstić information content (AvgIpc) is 2.97. The molecule has 4 nitrogen and oxygen atoms in total. The Morgan fingerprint density at radius 1 is 1.53 bits per heavy atom. The molecule has 0 aromatic carbocycles. The minimum absolute atomic E-state index is 0.0498. The number of aromatic amines is 1. The Hall–Kier alpha value is -1.32. The fourth-order valence-electron chi connectivity index (χ4n) is 1.70.